The van der Waals surface area contributed by atoms with Crippen LogP contribution in [-0.4, -0.2) is 20.9 Å². The minimum absolute atomic E-state index is 0.0972. The van der Waals surface area contributed by atoms with Gasteiger partial charge < -0.3 is 4.90 Å². The van der Waals surface area contributed by atoms with Crippen molar-refractivity contribution >= 4 is 33.4 Å². The molecular weight excluding hydrogens is 336 g/mol. The third-order valence-electron chi connectivity index (χ3n) is 4.51. The van der Waals surface area contributed by atoms with E-state index in [4.69, 9.17) is 0 Å². The first kappa shape index (κ1) is 15.9. The van der Waals surface area contributed by atoms with Gasteiger partial charge in [0.15, 0.2) is 0 Å². The van der Waals surface area contributed by atoms with E-state index in [0.717, 1.165) is 41.8 Å². The molecule has 0 saturated heterocycles. The van der Waals surface area contributed by atoms with Gasteiger partial charge in [-0.1, -0.05) is 30.3 Å². The molecule has 1 N–H and O–H groups in total. The summed E-state index contributed by atoms with van der Waals surface area (Å²) in [4.78, 5) is 13.9. The van der Waals surface area contributed by atoms with Gasteiger partial charge in [0.1, 0.15) is 0 Å². The molecule has 0 spiro atoms. The SMILES string of the molecule is O=C1Cc2cc(NS(=O)(=O)/C=C/c3ccccc3)cc3c2N1CCC3. The van der Waals surface area contributed by atoms with Crippen LogP contribution in [0.1, 0.15) is 23.1 Å². The fraction of sp³-hybridized carbons (Fsp3) is 0.211. The highest BCUT2D eigenvalue weighted by Crippen LogP contribution is 2.39. The zero-order valence-corrected chi connectivity index (χ0v) is 14.4. The van der Waals surface area contributed by atoms with Crippen LogP contribution in [-0.2, 0) is 27.7 Å². The van der Waals surface area contributed by atoms with Gasteiger partial charge in [0.05, 0.1) is 17.5 Å². The van der Waals surface area contributed by atoms with Gasteiger partial charge in [0.25, 0.3) is 10.0 Å². The lowest BCUT2D eigenvalue weighted by Crippen LogP contribution is -2.31. The molecule has 1 amide bonds. The summed E-state index contributed by atoms with van der Waals surface area (Å²) < 4.78 is 27.3. The Balaban J connectivity index is 1.60. The smallest absolute Gasteiger partial charge is 0.255 e. The maximum Gasteiger partial charge on any atom is 0.255 e. The fourth-order valence-electron chi connectivity index (χ4n) is 3.47. The summed E-state index contributed by atoms with van der Waals surface area (Å²) in [6, 6.07) is 12.9. The van der Waals surface area contributed by atoms with Crippen molar-refractivity contribution in [2.45, 2.75) is 19.3 Å². The molecule has 128 valence electrons. The molecule has 2 aromatic rings. The topological polar surface area (TPSA) is 66.5 Å². The summed E-state index contributed by atoms with van der Waals surface area (Å²) in [7, 11) is -3.61. The van der Waals surface area contributed by atoms with E-state index in [2.05, 4.69) is 4.72 Å². The number of amides is 1. The average Bonchev–Trinajstić information content (AvgIpc) is 2.91. The second-order valence-corrected chi connectivity index (χ2v) is 7.90. The van der Waals surface area contributed by atoms with Crippen molar-refractivity contribution in [2.75, 3.05) is 16.2 Å². The van der Waals surface area contributed by atoms with Crippen LogP contribution in [0.5, 0.6) is 0 Å². The van der Waals surface area contributed by atoms with Crippen molar-refractivity contribution in [2.24, 2.45) is 0 Å². The number of hydrogen-bond donors (Lipinski definition) is 1. The van der Waals surface area contributed by atoms with Gasteiger partial charge in [-0.25, -0.2) is 8.42 Å². The van der Waals surface area contributed by atoms with E-state index in [1.54, 1.807) is 12.1 Å². The molecule has 0 bridgehead atoms. The van der Waals surface area contributed by atoms with Crippen molar-refractivity contribution in [3.8, 4) is 0 Å². The predicted octanol–water partition coefficient (Wildman–Crippen LogP) is 2.93. The van der Waals surface area contributed by atoms with E-state index >= 15 is 0 Å². The van der Waals surface area contributed by atoms with Crippen molar-refractivity contribution in [3.63, 3.8) is 0 Å². The average molecular weight is 354 g/mol. The maximum atomic E-state index is 12.3. The standard InChI is InChI=1S/C19H18N2O3S/c22-18-13-16-12-17(11-15-7-4-9-21(18)19(15)16)20-25(23,24)10-8-14-5-2-1-3-6-14/h1-3,5-6,8,10-12,20H,4,7,9,13H2/b10-8+. The molecule has 0 radical (unpaired) electrons. The van der Waals surface area contributed by atoms with Gasteiger partial charge in [0.2, 0.25) is 5.91 Å². The van der Waals surface area contributed by atoms with Gasteiger partial charge >= 0.3 is 0 Å². The van der Waals surface area contributed by atoms with Crippen LogP contribution in [0.15, 0.2) is 47.9 Å². The van der Waals surface area contributed by atoms with E-state index in [0.29, 0.717) is 12.1 Å². The largest absolute Gasteiger partial charge is 0.312 e. The molecule has 25 heavy (non-hydrogen) atoms. The second kappa shape index (κ2) is 6.04. The number of carbonyl (C=O) groups is 1. The first-order valence-electron chi connectivity index (χ1n) is 8.24. The number of aryl methyl sites for hydroxylation is 1. The number of hydrogen-bond acceptors (Lipinski definition) is 3. The maximum absolute atomic E-state index is 12.3. The molecule has 6 heteroatoms. The number of nitrogens with zero attached hydrogens (tertiary/aromatic N) is 1. The second-order valence-electron chi connectivity index (χ2n) is 6.33. The van der Waals surface area contributed by atoms with E-state index in [9.17, 15) is 13.2 Å². The van der Waals surface area contributed by atoms with Crippen molar-refractivity contribution in [3.05, 3.63) is 64.6 Å². The molecule has 2 heterocycles. The molecule has 0 unspecified atom stereocenters. The van der Waals surface area contributed by atoms with Gasteiger partial charge in [-0.3, -0.25) is 9.52 Å². The molecule has 0 aliphatic carbocycles. The number of anilines is 2. The monoisotopic (exact) mass is 354 g/mol. The quantitative estimate of drug-likeness (QED) is 0.918. The Morgan fingerprint density at radius 2 is 1.84 bits per heavy atom. The fourth-order valence-corrected chi connectivity index (χ4v) is 4.32. The molecule has 2 aliphatic heterocycles. The molecular formula is C19H18N2O3S. The van der Waals surface area contributed by atoms with Gasteiger partial charge in [-0.2, -0.15) is 0 Å². The van der Waals surface area contributed by atoms with Gasteiger partial charge in [-0.15, -0.1) is 0 Å². The van der Waals surface area contributed by atoms with Crippen LogP contribution in [0.2, 0.25) is 0 Å². The molecule has 0 saturated carbocycles. The van der Waals surface area contributed by atoms with Crippen LogP contribution < -0.4 is 9.62 Å². The molecule has 5 nitrogen and oxygen atoms in total. The Hall–Kier alpha value is -2.60. The first-order chi connectivity index (χ1) is 12.0. The van der Waals surface area contributed by atoms with Gasteiger partial charge in [0, 0.05) is 12.2 Å². The van der Waals surface area contributed by atoms with Crippen LogP contribution in [0.3, 0.4) is 0 Å². The third kappa shape index (κ3) is 3.17. The lowest BCUT2D eigenvalue weighted by Gasteiger charge is -2.26. The Morgan fingerprint density at radius 3 is 2.64 bits per heavy atom. The summed E-state index contributed by atoms with van der Waals surface area (Å²) >= 11 is 0. The number of nitrogens with one attached hydrogen (secondary N) is 1. The predicted molar refractivity (Wildman–Crippen MR) is 98.8 cm³/mol. The van der Waals surface area contributed by atoms with Crippen molar-refractivity contribution in [1.29, 1.82) is 0 Å². The molecule has 4 rings (SSSR count). The molecule has 0 fully saturated rings. The molecule has 2 aliphatic rings. The first-order valence-corrected chi connectivity index (χ1v) is 9.79. The van der Waals surface area contributed by atoms with Crippen LogP contribution >= 0.6 is 0 Å². The summed E-state index contributed by atoms with van der Waals surface area (Å²) in [5.74, 6) is 0.0972. The summed E-state index contributed by atoms with van der Waals surface area (Å²) in [5, 5.41) is 1.17. The Morgan fingerprint density at radius 1 is 1.08 bits per heavy atom. The Bertz CT molecular complexity index is 966. The molecule has 0 aromatic heterocycles. The zero-order valence-electron chi connectivity index (χ0n) is 13.6. The van der Waals surface area contributed by atoms with Crippen LogP contribution in [0.25, 0.3) is 6.08 Å². The number of rotatable bonds is 4. The summed E-state index contributed by atoms with van der Waals surface area (Å²) in [6.45, 7) is 0.754. The Labute approximate surface area is 147 Å². The highest BCUT2D eigenvalue weighted by molar-refractivity contribution is 7.95. The van der Waals surface area contributed by atoms with E-state index in [-0.39, 0.29) is 5.91 Å². The highest BCUT2D eigenvalue weighted by Gasteiger charge is 2.32. The van der Waals surface area contributed by atoms with Crippen LogP contribution in [0.4, 0.5) is 11.4 Å². The van der Waals surface area contributed by atoms with Crippen molar-refractivity contribution < 1.29 is 13.2 Å². The number of carbonyl (C=O) groups excluding carboxylic acids is 1. The molecule has 2 aromatic carbocycles. The Kier molecular flexibility index (Phi) is 3.84. The third-order valence-corrected chi connectivity index (χ3v) is 5.52. The minimum atomic E-state index is -3.61. The number of benzene rings is 2. The van der Waals surface area contributed by atoms with E-state index in [1.807, 2.05) is 41.3 Å². The summed E-state index contributed by atoms with van der Waals surface area (Å²) in [5.41, 5.74) is 4.27. The normalized spacial score (nSPS) is 16.3. The van der Waals surface area contributed by atoms with E-state index in [1.165, 1.54) is 5.41 Å². The zero-order chi connectivity index (χ0) is 17.4. The summed E-state index contributed by atoms with van der Waals surface area (Å²) in [6.07, 6.45) is 3.67. The lowest BCUT2D eigenvalue weighted by molar-refractivity contribution is -0.117. The van der Waals surface area contributed by atoms with Gasteiger partial charge in [-0.05, 0) is 47.7 Å². The van der Waals surface area contributed by atoms with Crippen molar-refractivity contribution in [1.82, 2.24) is 0 Å². The number of sulfonamides is 1. The van der Waals surface area contributed by atoms with Crippen LogP contribution in [0, 0.1) is 0 Å². The minimum Gasteiger partial charge on any atom is -0.312 e. The molecule has 0 atom stereocenters. The lowest BCUT2D eigenvalue weighted by atomic mass is 9.99. The highest BCUT2D eigenvalue weighted by atomic mass is 32.2. The van der Waals surface area contributed by atoms with E-state index < -0.39 is 10.0 Å².